The van der Waals surface area contributed by atoms with Crippen molar-refractivity contribution in [1.82, 2.24) is 10.2 Å². The van der Waals surface area contributed by atoms with Crippen molar-refractivity contribution in [1.29, 1.82) is 0 Å². The summed E-state index contributed by atoms with van der Waals surface area (Å²) < 4.78 is 5.14. The lowest BCUT2D eigenvalue weighted by Gasteiger charge is -1.95. The van der Waals surface area contributed by atoms with Crippen LogP contribution in [-0.2, 0) is 0 Å². The molecule has 0 radical (unpaired) electrons. The highest BCUT2D eigenvalue weighted by Gasteiger charge is 2.11. The smallest absolute Gasteiger partial charge is 0.293 e. The van der Waals surface area contributed by atoms with Gasteiger partial charge in [0.2, 0.25) is 5.13 Å². The van der Waals surface area contributed by atoms with Crippen molar-refractivity contribution in [3.63, 3.8) is 0 Å². The van der Waals surface area contributed by atoms with Crippen LogP contribution in [0.1, 0.15) is 16.3 Å². The predicted molar refractivity (Wildman–Crippen MR) is 51.3 cm³/mol. The van der Waals surface area contributed by atoms with Crippen LogP contribution in [0.5, 0.6) is 0 Å². The van der Waals surface area contributed by atoms with Gasteiger partial charge in [0.25, 0.3) is 5.91 Å². The quantitative estimate of drug-likeness (QED) is 0.817. The van der Waals surface area contributed by atoms with Gasteiger partial charge < -0.3 is 4.42 Å². The molecule has 2 rings (SSSR count). The molecule has 2 aromatic rings. The number of amides is 1. The highest BCUT2D eigenvalue weighted by atomic mass is 32.1. The zero-order valence-electron chi connectivity index (χ0n) is 7.35. The van der Waals surface area contributed by atoms with E-state index in [2.05, 4.69) is 15.5 Å². The fraction of sp³-hybridized carbons (Fsp3) is 0.125. The molecule has 1 amide bonds. The lowest BCUT2D eigenvalue weighted by atomic mass is 10.4. The average molecular weight is 209 g/mol. The molecule has 0 saturated heterocycles. The van der Waals surface area contributed by atoms with E-state index >= 15 is 0 Å². The summed E-state index contributed by atoms with van der Waals surface area (Å²) >= 11 is 1.26. The monoisotopic (exact) mass is 209 g/mol. The van der Waals surface area contributed by atoms with E-state index in [-0.39, 0.29) is 11.7 Å². The normalized spacial score (nSPS) is 10.1. The largest absolute Gasteiger partial charge is 0.456 e. The van der Waals surface area contributed by atoms with Gasteiger partial charge >= 0.3 is 0 Å². The molecule has 14 heavy (non-hydrogen) atoms. The first-order chi connectivity index (χ1) is 6.75. The van der Waals surface area contributed by atoms with E-state index < -0.39 is 0 Å². The van der Waals surface area contributed by atoms with Crippen LogP contribution in [0.4, 0.5) is 5.13 Å². The summed E-state index contributed by atoms with van der Waals surface area (Å²) in [4.78, 5) is 11.5. The molecule has 72 valence electrons. The standard InChI is InChI=1S/C8H7N3O2S/c1-5-2-3-6(13-5)7(12)10-8-11-9-4-14-8/h2-4H,1H3,(H,10,11,12). The topological polar surface area (TPSA) is 68.0 Å². The fourth-order valence-corrected chi connectivity index (χ4v) is 1.38. The molecule has 0 atom stereocenters. The summed E-state index contributed by atoms with van der Waals surface area (Å²) in [6.07, 6.45) is 0. The number of hydrogen-bond acceptors (Lipinski definition) is 5. The molecule has 0 aromatic carbocycles. The number of aromatic nitrogens is 2. The number of nitrogens with zero attached hydrogens (tertiary/aromatic N) is 2. The van der Waals surface area contributed by atoms with Gasteiger partial charge in [0.15, 0.2) is 5.76 Å². The second-order valence-corrected chi connectivity index (χ2v) is 3.44. The molecule has 0 aliphatic carbocycles. The van der Waals surface area contributed by atoms with Gasteiger partial charge in [-0.2, -0.15) is 0 Å². The van der Waals surface area contributed by atoms with E-state index in [1.807, 2.05) is 0 Å². The van der Waals surface area contributed by atoms with Crippen LogP contribution in [-0.4, -0.2) is 16.1 Å². The van der Waals surface area contributed by atoms with Crippen LogP contribution in [0.2, 0.25) is 0 Å². The zero-order valence-corrected chi connectivity index (χ0v) is 8.17. The van der Waals surface area contributed by atoms with Crippen LogP contribution < -0.4 is 5.32 Å². The Bertz CT molecular complexity index is 435. The number of carbonyl (C=O) groups is 1. The Balaban J connectivity index is 2.10. The number of rotatable bonds is 2. The minimum atomic E-state index is -0.310. The molecule has 0 spiro atoms. The van der Waals surface area contributed by atoms with E-state index in [1.54, 1.807) is 24.6 Å². The van der Waals surface area contributed by atoms with Crippen LogP contribution >= 0.6 is 11.3 Å². The molecular formula is C8H7N3O2S. The Hall–Kier alpha value is -1.69. The first-order valence-corrected chi connectivity index (χ1v) is 4.77. The van der Waals surface area contributed by atoms with Crippen molar-refractivity contribution in [3.05, 3.63) is 29.2 Å². The minimum absolute atomic E-state index is 0.276. The van der Waals surface area contributed by atoms with Gasteiger partial charge in [0.05, 0.1) is 0 Å². The molecular weight excluding hydrogens is 202 g/mol. The third-order valence-corrected chi connectivity index (χ3v) is 2.15. The second-order valence-electron chi connectivity index (χ2n) is 2.61. The van der Waals surface area contributed by atoms with Gasteiger partial charge in [0, 0.05) is 0 Å². The van der Waals surface area contributed by atoms with Crippen LogP contribution in [0, 0.1) is 6.92 Å². The van der Waals surface area contributed by atoms with E-state index in [1.165, 1.54) is 11.3 Å². The molecule has 0 aliphatic heterocycles. The number of hydrogen-bond donors (Lipinski definition) is 1. The van der Waals surface area contributed by atoms with Crippen LogP contribution in [0.3, 0.4) is 0 Å². The van der Waals surface area contributed by atoms with E-state index in [4.69, 9.17) is 4.42 Å². The Kier molecular flexibility index (Phi) is 2.28. The van der Waals surface area contributed by atoms with Gasteiger partial charge in [-0.25, -0.2) is 0 Å². The summed E-state index contributed by atoms with van der Waals surface area (Å²) in [5.41, 5.74) is 1.54. The van der Waals surface area contributed by atoms with Crippen LogP contribution in [0.25, 0.3) is 0 Å². The summed E-state index contributed by atoms with van der Waals surface area (Å²) in [6, 6.07) is 3.35. The van der Waals surface area contributed by atoms with E-state index in [0.29, 0.717) is 10.9 Å². The molecule has 2 heterocycles. The Labute approximate surface area is 83.8 Å². The zero-order chi connectivity index (χ0) is 9.97. The summed E-state index contributed by atoms with van der Waals surface area (Å²) in [5, 5.41) is 10.3. The molecule has 0 unspecified atom stereocenters. The van der Waals surface area contributed by atoms with E-state index in [9.17, 15) is 4.79 Å². The first kappa shape index (κ1) is 8.89. The minimum Gasteiger partial charge on any atom is -0.456 e. The summed E-state index contributed by atoms with van der Waals surface area (Å²) in [5.74, 6) is 0.667. The maximum absolute atomic E-state index is 11.5. The maximum atomic E-state index is 11.5. The van der Waals surface area contributed by atoms with Gasteiger partial charge in [-0.05, 0) is 19.1 Å². The number of anilines is 1. The van der Waals surface area contributed by atoms with Crippen molar-refractivity contribution < 1.29 is 9.21 Å². The lowest BCUT2D eigenvalue weighted by Crippen LogP contribution is -2.10. The van der Waals surface area contributed by atoms with Gasteiger partial charge in [0.1, 0.15) is 11.3 Å². The van der Waals surface area contributed by atoms with Crippen molar-refractivity contribution in [2.75, 3.05) is 5.32 Å². The van der Waals surface area contributed by atoms with Crippen LogP contribution in [0.15, 0.2) is 22.1 Å². The van der Waals surface area contributed by atoms with Crippen molar-refractivity contribution in [2.45, 2.75) is 6.92 Å². The number of aryl methyl sites for hydroxylation is 1. The third-order valence-electron chi connectivity index (χ3n) is 1.54. The Morgan fingerprint density at radius 2 is 2.43 bits per heavy atom. The molecule has 6 heteroatoms. The lowest BCUT2D eigenvalue weighted by molar-refractivity contribution is 0.0995. The highest BCUT2D eigenvalue weighted by molar-refractivity contribution is 7.13. The fourth-order valence-electron chi connectivity index (χ4n) is 0.943. The number of carbonyl (C=O) groups excluding carboxylic acids is 1. The van der Waals surface area contributed by atoms with Gasteiger partial charge in [-0.1, -0.05) is 11.3 Å². The molecule has 0 fully saturated rings. The molecule has 5 nitrogen and oxygen atoms in total. The van der Waals surface area contributed by atoms with E-state index in [0.717, 1.165) is 0 Å². The first-order valence-electron chi connectivity index (χ1n) is 3.89. The van der Waals surface area contributed by atoms with Gasteiger partial charge in [-0.3, -0.25) is 10.1 Å². The average Bonchev–Trinajstić information content (AvgIpc) is 2.75. The molecule has 2 aromatic heterocycles. The third kappa shape index (κ3) is 1.80. The maximum Gasteiger partial charge on any atom is 0.293 e. The molecule has 1 N–H and O–H groups in total. The second kappa shape index (κ2) is 3.59. The van der Waals surface area contributed by atoms with Crippen molar-refractivity contribution in [2.24, 2.45) is 0 Å². The highest BCUT2D eigenvalue weighted by Crippen LogP contribution is 2.12. The molecule has 0 saturated carbocycles. The predicted octanol–water partition coefficient (Wildman–Crippen LogP) is 1.69. The Morgan fingerprint density at radius 1 is 1.57 bits per heavy atom. The number of nitrogens with one attached hydrogen (secondary N) is 1. The van der Waals surface area contributed by atoms with Gasteiger partial charge in [-0.15, -0.1) is 10.2 Å². The number of furan rings is 1. The summed E-state index contributed by atoms with van der Waals surface area (Å²) in [7, 11) is 0. The van der Waals surface area contributed by atoms with Crippen molar-refractivity contribution >= 4 is 22.4 Å². The molecule has 0 aliphatic rings. The SMILES string of the molecule is Cc1ccc(C(=O)Nc2nncs2)o1. The molecule has 0 bridgehead atoms. The Morgan fingerprint density at radius 3 is 3.00 bits per heavy atom. The summed E-state index contributed by atoms with van der Waals surface area (Å²) in [6.45, 7) is 1.78. The van der Waals surface area contributed by atoms with Crippen molar-refractivity contribution in [3.8, 4) is 0 Å².